The number of amides is 1. The molecule has 0 unspecified atom stereocenters. The summed E-state index contributed by atoms with van der Waals surface area (Å²) in [5, 5.41) is 2.80. The van der Waals surface area contributed by atoms with Gasteiger partial charge in [-0.2, -0.15) is 0 Å². The fraction of sp³-hybridized carbons (Fsp3) is 0.455. The number of nitrogens with two attached hydrogens (primary N) is 1. The molecule has 0 aliphatic heterocycles. The van der Waals surface area contributed by atoms with Gasteiger partial charge in [0, 0.05) is 18.4 Å². The number of hydrogen-bond donors (Lipinski definition) is 2. The van der Waals surface area contributed by atoms with Gasteiger partial charge in [0.2, 0.25) is 0 Å². The second-order valence-corrected chi connectivity index (χ2v) is 3.91. The van der Waals surface area contributed by atoms with E-state index < -0.39 is 0 Å². The van der Waals surface area contributed by atoms with Gasteiger partial charge in [-0.15, -0.1) is 0 Å². The lowest BCUT2D eigenvalue weighted by molar-refractivity contribution is 0.0947. The van der Waals surface area contributed by atoms with E-state index in [4.69, 9.17) is 5.73 Å². The van der Waals surface area contributed by atoms with Crippen molar-refractivity contribution in [3.05, 3.63) is 24.0 Å². The van der Waals surface area contributed by atoms with E-state index in [1.807, 2.05) is 0 Å². The van der Waals surface area contributed by atoms with Crippen molar-refractivity contribution in [2.45, 2.75) is 20.3 Å². The highest BCUT2D eigenvalue weighted by Crippen LogP contribution is 2.03. The Labute approximate surface area is 89.9 Å². The van der Waals surface area contributed by atoms with Crippen molar-refractivity contribution >= 4 is 11.6 Å². The molecule has 0 fully saturated rings. The van der Waals surface area contributed by atoms with Gasteiger partial charge in [0.15, 0.2) is 0 Å². The lowest BCUT2D eigenvalue weighted by atomic mass is 10.1. The largest absolute Gasteiger partial charge is 0.399 e. The van der Waals surface area contributed by atoms with Crippen LogP contribution in [0.5, 0.6) is 0 Å². The SMILES string of the molecule is CC(C)CCNC(=O)c1cc(N)ccn1. The second-order valence-electron chi connectivity index (χ2n) is 3.91. The van der Waals surface area contributed by atoms with Gasteiger partial charge in [0.25, 0.3) is 5.91 Å². The lowest BCUT2D eigenvalue weighted by Crippen LogP contribution is -2.26. The smallest absolute Gasteiger partial charge is 0.269 e. The Balaban J connectivity index is 2.47. The molecule has 0 spiro atoms. The van der Waals surface area contributed by atoms with Crippen molar-refractivity contribution in [1.82, 2.24) is 10.3 Å². The summed E-state index contributed by atoms with van der Waals surface area (Å²) in [6.07, 6.45) is 2.50. The fourth-order valence-corrected chi connectivity index (χ4v) is 1.14. The minimum atomic E-state index is -0.164. The van der Waals surface area contributed by atoms with E-state index in [1.165, 1.54) is 6.20 Å². The molecule has 0 saturated heterocycles. The van der Waals surface area contributed by atoms with Gasteiger partial charge in [0.1, 0.15) is 5.69 Å². The molecule has 15 heavy (non-hydrogen) atoms. The van der Waals surface area contributed by atoms with Gasteiger partial charge in [-0.05, 0) is 24.5 Å². The molecule has 82 valence electrons. The monoisotopic (exact) mass is 207 g/mol. The molecule has 0 radical (unpaired) electrons. The van der Waals surface area contributed by atoms with Crippen molar-refractivity contribution in [3.63, 3.8) is 0 Å². The van der Waals surface area contributed by atoms with E-state index in [2.05, 4.69) is 24.1 Å². The summed E-state index contributed by atoms with van der Waals surface area (Å²) < 4.78 is 0. The minimum absolute atomic E-state index is 0.164. The summed E-state index contributed by atoms with van der Waals surface area (Å²) in [5.74, 6) is 0.419. The number of hydrogen-bond acceptors (Lipinski definition) is 3. The Kier molecular flexibility index (Phi) is 4.09. The van der Waals surface area contributed by atoms with E-state index in [9.17, 15) is 4.79 Å². The molecule has 0 aliphatic rings. The zero-order valence-electron chi connectivity index (χ0n) is 9.16. The van der Waals surface area contributed by atoms with Crippen molar-refractivity contribution in [2.24, 2.45) is 5.92 Å². The van der Waals surface area contributed by atoms with Crippen LogP contribution < -0.4 is 11.1 Å². The van der Waals surface area contributed by atoms with E-state index >= 15 is 0 Å². The van der Waals surface area contributed by atoms with E-state index in [-0.39, 0.29) is 5.91 Å². The molecule has 4 nitrogen and oxygen atoms in total. The van der Waals surface area contributed by atoms with Crippen LogP contribution in [0.25, 0.3) is 0 Å². The van der Waals surface area contributed by atoms with Crippen LogP contribution in [-0.2, 0) is 0 Å². The molecule has 1 heterocycles. The molecular formula is C11H17N3O. The number of rotatable bonds is 4. The van der Waals surface area contributed by atoms with Crippen LogP contribution in [-0.4, -0.2) is 17.4 Å². The van der Waals surface area contributed by atoms with Crippen LogP contribution in [0.2, 0.25) is 0 Å². The number of anilines is 1. The van der Waals surface area contributed by atoms with Crippen LogP contribution in [0.1, 0.15) is 30.8 Å². The number of aromatic nitrogens is 1. The first-order valence-corrected chi connectivity index (χ1v) is 5.09. The highest BCUT2D eigenvalue weighted by molar-refractivity contribution is 5.92. The second kappa shape index (κ2) is 5.34. The Bertz CT molecular complexity index is 336. The highest BCUT2D eigenvalue weighted by atomic mass is 16.1. The molecule has 1 rings (SSSR count). The molecule has 1 amide bonds. The molecule has 3 N–H and O–H groups in total. The summed E-state index contributed by atoms with van der Waals surface area (Å²) in [7, 11) is 0. The summed E-state index contributed by atoms with van der Waals surface area (Å²) in [6, 6.07) is 3.23. The van der Waals surface area contributed by atoms with Crippen molar-refractivity contribution in [1.29, 1.82) is 0 Å². The number of nitrogens with zero attached hydrogens (tertiary/aromatic N) is 1. The topological polar surface area (TPSA) is 68.0 Å². The maximum Gasteiger partial charge on any atom is 0.269 e. The standard InChI is InChI=1S/C11H17N3O/c1-8(2)3-5-14-11(15)10-7-9(12)4-6-13-10/h4,6-8H,3,5H2,1-2H3,(H2,12,13)(H,14,15). The van der Waals surface area contributed by atoms with Crippen molar-refractivity contribution < 1.29 is 4.79 Å². The Hall–Kier alpha value is -1.58. The highest BCUT2D eigenvalue weighted by Gasteiger charge is 2.06. The van der Waals surface area contributed by atoms with Crippen LogP contribution in [0, 0.1) is 5.92 Å². The molecule has 0 bridgehead atoms. The predicted molar refractivity (Wildman–Crippen MR) is 60.4 cm³/mol. The van der Waals surface area contributed by atoms with E-state index in [0.29, 0.717) is 23.8 Å². The lowest BCUT2D eigenvalue weighted by Gasteiger charge is -2.06. The van der Waals surface area contributed by atoms with Crippen LogP contribution in [0.15, 0.2) is 18.3 Å². The van der Waals surface area contributed by atoms with Gasteiger partial charge in [-0.25, -0.2) is 0 Å². The quantitative estimate of drug-likeness (QED) is 0.785. The molecule has 0 saturated carbocycles. The molecule has 0 atom stereocenters. The molecule has 4 heteroatoms. The average Bonchev–Trinajstić information content (AvgIpc) is 2.17. The predicted octanol–water partition coefficient (Wildman–Crippen LogP) is 1.44. The maximum atomic E-state index is 11.5. The molecule has 0 aliphatic carbocycles. The maximum absolute atomic E-state index is 11.5. The first kappa shape index (κ1) is 11.5. The normalized spacial score (nSPS) is 10.3. The van der Waals surface area contributed by atoms with Crippen LogP contribution in [0.3, 0.4) is 0 Å². The number of nitrogens with one attached hydrogen (secondary N) is 1. The molecule has 0 aromatic carbocycles. The minimum Gasteiger partial charge on any atom is -0.399 e. The van der Waals surface area contributed by atoms with Crippen LogP contribution >= 0.6 is 0 Å². The van der Waals surface area contributed by atoms with E-state index in [0.717, 1.165) is 6.42 Å². The summed E-state index contributed by atoms with van der Waals surface area (Å²) >= 11 is 0. The zero-order valence-corrected chi connectivity index (χ0v) is 9.16. The third kappa shape index (κ3) is 3.97. The Morgan fingerprint density at radius 1 is 1.60 bits per heavy atom. The summed E-state index contributed by atoms with van der Waals surface area (Å²) in [4.78, 5) is 15.5. The van der Waals surface area contributed by atoms with Gasteiger partial charge >= 0.3 is 0 Å². The van der Waals surface area contributed by atoms with Gasteiger partial charge in [0.05, 0.1) is 0 Å². The summed E-state index contributed by atoms with van der Waals surface area (Å²) in [6.45, 7) is 4.91. The van der Waals surface area contributed by atoms with Gasteiger partial charge in [-0.3, -0.25) is 9.78 Å². The summed E-state index contributed by atoms with van der Waals surface area (Å²) in [5.41, 5.74) is 6.48. The average molecular weight is 207 g/mol. The Morgan fingerprint density at radius 3 is 2.93 bits per heavy atom. The first-order chi connectivity index (χ1) is 7.09. The number of carbonyl (C=O) groups is 1. The number of nitrogen functional groups attached to an aromatic ring is 1. The number of carbonyl (C=O) groups excluding carboxylic acids is 1. The van der Waals surface area contributed by atoms with Crippen molar-refractivity contribution in [3.8, 4) is 0 Å². The zero-order chi connectivity index (χ0) is 11.3. The number of pyridine rings is 1. The fourth-order valence-electron chi connectivity index (χ4n) is 1.14. The molecule has 1 aromatic rings. The molecular weight excluding hydrogens is 190 g/mol. The third-order valence-electron chi connectivity index (χ3n) is 2.02. The van der Waals surface area contributed by atoms with Gasteiger partial charge in [-0.1, -0.05) is 13.8 Å². The van der Waals surface area contributed by atoms with E-state index in [1.54, 1.807) is 12.1 Å². The van der Waals surface area contributed by atoms with Gasteiger partial charge < -0.3 is 11.1 Å². The third-order valence-corrected chi connectivity index (χ3v) is 2.02. The molecule has 1 aromatic heterocycles. The van der Waals surface area contributed by atoms with Crippen molar-refractivity contribution in [2.75, 3.05) is 12.3 Å². The first-order valence-electron chi connectivity index (χ1n) is 5.09. The van der Waals surface area contributed by atoms with Crippen LogP contribution in [0.4, 0.5) is 5.69 Å². The Morgan fingerprint density at radius 2 is 2.33 bits per heavy atom.